The van der Waals surface area contributed by atoms with Gasteiger partial charge in [-0.2, -0.15) is 0 Å². The minimum Gasteiger partial charge on any atom is -0.462 e. The number of hydrogen-bond acceptors (Lipinski definition) is 15. The van der Waals surface area contributed by atoms with E-state index in [0.29, 0.717) is 25.7 Å². The molecule has 0 bridgehead atoms. The molecule has 0 spiro atoms. The number of aliphatic hydroxyl groups is 1. The molecule has 5 atom stereocenters. The molecule has 19 heteroatoms. The Morgan fingerprint density at radius 2 is 0.535 bits per heavy atom. The lowest BCUT2D eigenvalue weighted by Crippen LogP contribution is -2.30. The molecule has 2 unspecified atom stereocenters. The van der Waals surface area contributed by atoms with Gasteiger partial charge in [-0.25, -0.2) is 9.13 Å². The molecule has 0 aliphatic rings. The van der Waals surface area contributed by atoms with E-state index in [9.17, 15) is 43.2 Å². The van der Waals surface area contributed by atoms with Crippen LogP contribution in [0.5, 0.6) is 0 Å². The molecule has 0 heterocycles. The van der Waals surface area contributed by atoms with E-state index in [0.717, 1.165) is 108 Å². The van der Waals surface area contributed by atoms with Gasteiger partial charge in [-0.3, -0.25) is 37.3 Å². The van der Waals surface area contributed by atoms with Gasteiger partial charge in [0.15, 0.2) is 12.2 Å². The van der Waals surface area contributed by atoms with Crippen molar-refractivity contribution in [1.29, 1.82) is 0 Å². The molecular formula is C67H130O17P2. The Bertz CT molecular complexity index is 1680. The summed E-state index contributed by atoms with van der Waals surface area (Å²) in [6, 6.07) is 0. The maximum absolute atomic E-state index is 13.0. The summed E-state index contributed by atoms with van der Waals surface area (Å²) >= 11 is 0. The number of rotatable bonds is 66. The highest BCUT2D eigenvalue weighted by Gasteiger charge is 2.30. The van der Waals surface area contributed by atoms with Crippen molar-refractivity contribution in [3.8, 4) is 0 Å². The average molecular weight is 1270 g/mol. The maximum atomic E-state index is 13.0. The summed E-state index contributed by atoms with van der Waals surface area (Å²) in [6.07, 6.45) is 43.4. The summed E-state index contributed by atoms with van der Waals surface area (Å²) in [5.41, 5.74) is 0. The van der Waals surface area contributed by atoms with Crippen LogP contribution in [0, 0.1) is 11.8 Å². The zero-order valence-electron chi connectivity index (χ0n) is 55.6. The zero-order chi connectivity index (χ0) is 63.6. The van der Waals surface area contributed by atoms with Crippen LogP contribution in [0.2, 0.25) is 0 Å². The van der Waals surface area contributed by atoms with Crippen molar-refractivity contribution in [2.24, 2.45) is 11.8 Å². The Morgan fingerprint density at radius 3 is 0.791 bits per heavy atom. The minimum atomic E-state index is -4.95. The van der Waals surface area contributed by atoms with E-state index < -0.39 is 97.5 Å². The predicted octanol–water partition coefficient (Wildman–Crippen LogP) is 18.8. The Morgan fingerprint density at radius 1 is 0.314 bits per heavy atom. The molecule has 17 nitrogen and oxygen atoms in total. The van der Waals surface area contributed by atoms with E-state index in [-0.39, 0.29) is 25.7 Å². The fourth-order valence-corrected chi connectivity index (χ4v) is 11.6. The molecule has 0 aliphatic carbocycles. The first-order valence-electron chi connectivity index (χ1n) is 35.0. The largest absolute Gasteiger partial charge is 0.472 e. The van der Waals surface area contributed by atoms with E-state index in [1.54, 1.807) is 0 Å². The molecular weight excluding hydrogens is 1140 g/mol. The number of hydrogen-bond donors (Lipinski definition) is 3. The van der Waals surface area contributed by atoms with Crippen molar-refractivity contribution in [3.63, 3.8) is 0 Å². The van der Waals surface area contributed by atoms with E-state index in [1.165, 1.54) is 148 Å². The number of ether oxygens (including phenoxy) is 4. The van der Waals surface area contributed by atoms with Gasteiger partial charge < -0.3 is 33.8 Å². The van der Waals surface area contributed by atoms with Gasteiger partial charge in [0.25, 0.3) is 0 Å². The molecule has 0 rings (SSSR count). The lowest BCUT2D eigenvalue weighted by Gasteiger charge is -2.21. The first-order valence-corrected chi connectivity index (χ1v) is 38.0. The Balaban J connectivity index is 5.15. The average Bonchev–Trinajstić information content (AvgIpc) is 3.63. The zero-order valence-corrected chi connectivity index (χ0v) is 57.4. The van der Waals surface area contributed by atoms with E-state index >= 15 is 0 Å². The van der Waals surface area contributed by atoms with Crippen molar-refractivity contribution in [1.82, 2.24) is 0 Å². The van der Waals surface area contributed by atoms with Gasteiger partial charge in [0, 0.05) is 25.7 Å². The van der Waals surface area contributed by atoms with Crippen LogP contribution in [0.4, 0.5) is 0 Å². The summed E-state index contributed by atoms with van der Waals surface area (Å²) in [5.74, 6) is -0.563. The number of phosphoric acid groups is 2. The summed E-state index contributed by atoms with van der Waals surface area (Å²) in [5, 5.41) is 10.5. The fourth-order valence-electron chi connectivity index (χ4n) is 10.1. The predicted molar refractivity (Wildman–Crippen MR) is 345 cm³/mol. The number of aliphatic hydroxyl groups excluding tert-OH is 1. The number of esters is 4. The molecule has 0 amide bonds. The first kappa shape index (κ1) is 84.1. The molecule has 0 fully saturated rings. The maximum Gasteiger partial charge on any atom is 0.472 e. The van der Waals surface area contributed by atoms with Crippen LogP contribution in [0.15, 0.2) is 0 Å². The van der Waals surface area contributed by atoms with Crippen molar-refractivity contribution in [2.45, 2.75) is 355 Å². The molecule has 3 N–H and O–H groups in total. The molecule has 0 aromatic carbocycles. The second-order valence-corrected chi connectivity index (χ2v) is 28.1. The van der Waals surface area contributed by atoms with Crippen LogP contribution in [0.3, 0.4) is 0 Å². The smallest absolute Gasteiger partial charge is 0.462 e. The molecule has 0 saturated carbocycles. The fraction of sp³-hybridized carbons (Fsp3) is 0.940. The van der Waals surface area contributed by atoms with Gasteiger partial charge in [0.2, 0.25) is 0 Å². The van der Waals surface area contributed by atoms with Crippen molar-refractivity contribution >= 4 is 39.5 Å². The van der Waals surface area contributed by atoms with Crippen molar-refractivity contribution in [2.75, 3.05) is 39.6 Å². The molecule has 0 aromatic heterocycles. The highest BCUT2D eigenvalue weighted by molar-refractivity contribution is 7.47. The van der Waals surface area contributed by atoms with Gasteiger partial charge in [-0.15, -0.1) is 0 Å². The molecule has 510 valence electrons. The van der Waals surface area contributed by atoms with Gasteiger partial charge >= 0.3 is 39.5 Å². The van der Waals surface area contributed by atoms with Crippen molar-refractivity contribution < 1.29 is 80.2 Å². The van der Waals surface area contributed by atoms with Crippen LogP contribution in [0.25, 0.3) is 0 Å². The third kappa shape index (κ3) is 60.9. The van der Waals surface area contributed by atoms with Gasteiger partial charge in [-0.1, -0.05) is 286 Å². The molecule has 86 heavy (non-hydrogen) atoms. The number of phosphoric ester groups is 2. The highest BCUT2D eigenvalue weighted by Crippen LogP contribution is 2.45. The molecule has 0 aliphatic heterocycles. The van der Waals surface area contributed by atoms with E-state index in [1.807, 2.05) is 0 Å². The number of unbranched alkanes of at least 4 members (excludes halogenated alkanes) is 36. The van der Waals surface area contributed by atoms with E-state index in [4.69, 9.17) is 37.0 Å². The molecule has 0 radical (unpaired) electrons. The lowest BCUT2D eigenvalue weighted by atomic mass is 10.0. The SMILES string of the molecule is CCCCCCCCCCCC(=O)O[C@H](COC(=O)CCCCCCC)COP(=O)(O)OC[C@H](O)COP(=O)(O)OC[C@@H](COC(=O)CCCCCCCCCCCCCCC(C)C)OC(=O)CCCCCCCCCCCCCCCCC(C)C. The quantitative estimate of drug-likeness (QED) is 0.0222. The summed E-state index contributed by atoms with van der Waals surface area (Å²) in [7, 11) is -9.88. The first-order chi connectivity index (χ1) is 41.4. The standard InChI is InChI=1S/C67H130O17P2/c1-7-9-11-13-14-25-33-39-45-51-66(71)83-62(55-77-64(69)49-43-35-12-10-8-2)57-81-85(73,74)79-53-61(68)54-80-86(75,76)82-58-63(56-78-65(70)50-44-38-32-28-23-20-19-22-27-31-37-42-48-60(5)6)84-67(72)52-46-40-34-29-24-18-16-15-17-21-26-30-36-41-47-59(3)4/h59-63,68H,7-58H2,1-6H3,(H,73,74)(H,75,76)/t61-,62+,63+/m0/s1. The van der Waals surface area contributed by atoms with Crippen molar-refractivity contribution in [3.05, 3.63) is 0 Å². The van der Waals surface area contributed by atoms with Crippen LogP contribution in [-0.2, 0) is 65.4 Å². The normalized spacial score (nSPS) is 14.2. The van der Waals surface area contributed by atoms with Gasteiger partial charge in [0.1, 0.15) is 19.3 Å². The number of carbonyl (C=O) groups excluding carboxylic acids is 4. The second kappa shape index (κ2) is 59.4. The van der Waals surface area contributed by atoms with Crippen LogP contribution < -0.4 is 0 Å². The Hall–Kier alpha value is -1.94. The lowest BCUT2D eigenvalue weighted by molar-refractivity contribution is -0.161. The third-order valence-electron chi connectivity index (χ3n) is 15.5. The van der Waals surface area contributed by atoms with E-state index in [2.05, 4.69) is 41.5 Å². The summed E-state index contributed by atoms with van der Waals surface area (Å²) < 4.78 is 67.9. The molecule has 0 saturated heterocycles. The summed E-state index contributed by atoms with van der Waals surface area (Å²) in [6.45, 7) is 9.45. The topological polar surface area (TPSA) is 237 Å². The second-order valence-electron chi connectivity index (χ2n) is 25.2. The minimum absolute atomic E-state index is 0.105. The monoisotopic (exact) mass is 1270 g/mol. The number of carbonyl (C=O) groups is 4. The van der Waals surface area contributed by atoms with Crippen LogP contribution in [-0.4, -0.2) is 96.7 Å². The van der Waals surface area contributed by atoms with Crippen LogP contribution in [0.1, 0.15) is 337 Å². The van der Waals surface area contributed by atoms with Gasteiger partial charge in [-0.05, 0) is 37.5 Å². The third-order valence-corrected chi connectivity index (χ3v) is 17.4. The Labute approximate surface area is 524 Å². The molecule has 0 aromatic rings. The van der Waals surface area contributed by atoms with Gasteiger partial charge in [0.05, 0.1) is 26.4 Å². The Kier molecular flexibility index (Phi) is 58.0. The van der Waals surface area contributed by atoms with Crippen LogP contribution >= 0.6 is 15.6 Å². The summed E-state index contributed by atoms with van der Waals surface area (Å²) in [4.78, 5) is 72.1. The highest BCUT2D eigenvalue weighted by atomic mass is 31.2.